The molecule has 1 unspecified atom stereocenters. The monoisotopic (exact) mass is 263 g/mol. The molecular weight excluding hydrogens is 246 g/mol. The molecule has 2 rings (SSSR count). The van der Waals surface area contributed by atoms with Gasteiger partial charge in [0.25, 0.3) is 0 Å². The van der Waals surface area contributed by atoms with E-state index >= 15 is 0 Å². The molecule has 1 aromatic rings. The average Bonchev–Trinajstić information content (AvgIpc) is 2.42. The van der Waals surface area contributed by atoms with E-state index in [2.05, 4.69) is 10.5 Å². The molecule has 0 saturated carbocycles. The van der Waals surface area contributed by atoms with Crippen LogP contribution in [0.2, 0.25) is 0 Å². The van der Waals surface area contributed by atoms with Crippen molar-refractivity contribution in [1.82, 2.24) is 5.43 Å². The Hall–Kier alpha value is -2.08. The third-order valence-corrected chi connectivity index (χ3v) is 2.67. The van der Waals surface area contributed by atoms with Crippen LogP contribution in [0.15, 0.2) is 29.4 Å². The number of primary amides is 1. The quantitative estimate of drug-likeness (QED) is 0.639. The molecule has 0 radical (unpaired) electrons. The fraction of sp³-hybridized carbons (Fsp3) is 0.385. The van der Waals surface area contributed by atoms with Crippen molar-refractivity contribution < 1.29 is 14.3 Å². The van der Waals surface area contributed by atoms with Gasteiger partial charge in [-0.25, -0.2) is 10.2 Å². The summed E-state index contributed by atoms with van der Waals surface area (Å²) in [6.07, 6.45) is 4.51. The van der Waals surface area contributed by atoms with Gasteiger partial charge in [0.2, 0.25) is 0 Å². The van der Waals surface area contributed by atoms with Crippen molar-refractivity contribution in [3.63, 3.8) is 0 Å². The van der Waals surface area contributed by atoms with Gasteiger partial charge >= 0.3 is 6.03 Å². The first kappa shape index (κ1) is 13.4. The molecular formula is C13H17N3O3. The molecule has 3 N–H and O–H groups in total. The lowest BCUT2D eigenvalue weighted by atomic mass is 10.2. The number of hydrazone groups is 1. The molecule has 1 aliphatic heterocycles. The number of nitrogens with one attached hydrogen (secondary N) is 1. The minimum atomic E-state index is -0.689. The zero-order valence-corrected chi connectivity index (χ0v) is 10.5. The first-order valence-corrected chi connectivity index (χ1v) is 6.21. The standard InChI is InChI=1S/C13H17N3O3/c14-13(17)16-15-9-10-4-6-11(7-5-10)19-12-3-1-2-8-18-12/h4-7,9,12H,1-3,8H2,(H3,14,16,17). The van der Waals surface area contributed by atoms with Crippen LogP contribution in [-0.4, -0.2) is 25.1 Å². The van der Waals surface area contributed by atoms with E-state index in [4.69, 9.17) is 15.2 Å². The number of hydrogen-bond acceptors (Lipinski definition) is 4. The van der Waals surface area contributed by atoms with Gasteiger partial charge in [-0.15, -0.1) is 0 Å². The van der Waals surface area contributed by atoms with Gasteiger partial charge in [-0.1, -0.05) is 0 Å². The van der Waals surface area contributed by atoms with Gasteiger partial charge in [-0.05, 0) is 42.7 Å². The number of rotatable bonds is 4. The summed E-state index contributed by atoms with van der Waals surface area (Å²) in [4.78, 5) is 10.4. The van der Waals surface area contributed by atoms with E-state index in [1.807, 2.05) is 24.3 Å². The second kappa shape index (κ2) is 6.75. The third-order valence-electron chi connectivity index (χ3n) is 2.67. The number of amides is 2. The molecule has 2 amide bonds. The minimum Gasteiger partial charge on any atom is -0.465 e. The predicted octanol–water partition coefficient (Wildman–Crippen LogP) is 1.59. The number of nitrogens with two attached hydrogens (primary N) is 1. The molecule has 1 heterocycles. The summed E-state index contributed by atoms with van der Waals surface area (Å²) < 4.78 is 11.2. The molecule has 0 bridgehead atoms. The second-order valence-electron chi connectivity index (χ2n) is 4.22. The smallest absolute Gasteiger partial charge is 0.332 e. The number of ether oxygens (including phenoxy) is 2. The van der Waals surface area contributed by atoms with Gasteiger partial charge in [-0.2, -0.15) is 5.10 Å². The number of urea groups is 1. The Morgan fingerprint density at radius 1 is 1.42 bits per heavy atom. The lowest BCUT2D eigenvalue weighted by Gasteiger charge is -2.23. The molecule has 6 heteroatoms. The van der Waals surface area contributed by atoms with E-state index in [1.165, 1.54) is 6.21 Å². The van der Waals surface area contributed by atoms with Crippen LogP contribution >= 0.6 is 0 Å². The normalized spacial score (nSPS) is 19.3. The molecule has 0 spiro atoms. The van der Waals surface area contributed by atoms with E-state index in [-0.39, 0.29) is 6.29 Å². The summed E-state index contributed by atoms with van der Waals surface area (Å²) in [6.45, 7) is 0.758. The van der Waals surface area contributed by atoms with E-state index < -0.39 is 6.03 Å². The van der Waals surface area contributed by atoms with Gasteiger partial charge < -0.3 is 15.2 Å². The van der Waals surface area contributed by atoms with E-state index in [0.29, 0.717) is 0 Å². The maximum Gasteiger partial charge on any atom is 0.332 e. The highest BCUT2D eigenvalue weighted by atomic mass is 16.7. The number of carbonyl (C=O) groups is 1. The molecule has 0 aromatic heterocycles. The Kier molecular flexibility index (Phi) is 4.74. The van der Waals surface area contributed by atoms with Crippen molar-refractivity contribution in [2.24, 2.45) is 10.8 Å². The summed E-state index contributed by atoms with van der Waals surface area (Å²) in [5, 5.41) is 3.67. The molecule has 1 atom stereocenters. The first-order chi connectivity index (χ1) is 9.24. The number of nitrogens with zero attached hydrogens (tertiary/aromatic N) is 1. The van der Waals surface area contributed by atoms with Gasteiger partial charge in [0.05, 0.1) is 12.8 Å². The highest BCUT2D eigenvalue weighted by Crippen LogP contribution is 2.19. The fourth-order valence-electron chi connectivity index (χ4n) is 1.76. The molecule has 102 valence electrons. The van der Waals surface area contributed by atoms with Crippen LogP contribution < -0.4 is 15.9 Å². The van der Waals surface area contributed by atoms with Gasteiger partial charge in [-0.3, -0.25) is 0 Å². The van der Waals surface area contributed by atoms with Crippen LogP contribution in [0.4, 0.5) is 4.79 Å². The van der Waals surface area contributed by atoms with Crippen LogP contribution in [0.3, 0.4) is 0 Å². The molecule has 1 saturated heterocycles. The maximum atomic E-state index is 10.4. The first-order valence-electron chi connectivity index (χ1n) is 6.21. The number of benzene rings is 1. The Morgan fingerprint density at radius 2 is 2.21 bits per heavy atom. The Labute approximate surface area is 111 Å². The van der Waals surface area contributed by atoms with Gasteiger partial charge in [0, 0.05) is 6.42 Å². The Balaban J connectivity index is 1.86. The summed E-state index contributed by atoms with van der Waals surface area (Å²) in [5.41, 5.74) is 7.86. The maximum absolute atomic E-state index is 10.4. The summed E-state index contributed by atoms with van der Waals surface area (Å²) in [6, 6.07) is 6.66. The highest BCUT2D eigenvalue weighted by Gasteiger charge is 2.14. The van der Waals surface area contributed by atoms with Crippen LogP contribution in [-0.2, 0) is 4.74 Å². The van der Waals surface area contributed by atoms with Crippen molar-refractivity contribution in [3.8, 4) is 5.75 Å². The second-order valence-corrected chi connectivity index (χ2v) is 4.22. The highest BCUT2D eigenvalue weighted by molar-refractivity contribution is 5.81. The fourth-order valence-corrected chi connectivity index (χ4v) is 1.76. The van der Waals surface area contributed by atoms with Crippen molar-refractivity contribution in [1.29, 1.82) is 0 Å². The lowest BCUT2D eigenvalue weighted by Crippen LogP contribution is -2.25. The van der Waals surface area contributed by atoms with E-state index in [1.54, 1.807) is 0 Å². The Morgan fingerprint density at radius 3 is 2.84 bits per heavy atom. The number of carbonyl (C=O) groups excluding carboxylic acids is 1. The zero-order valence-electron chi connectivity index (χ0n) is 10.5. The zero-order chi connectivity index (χ0) is 13.5. The van der Waals surface area contributed by atoms with Crippen LogP contribution in [0.1, 0.15) is 24.8 Å². The molecule has 19 heavy (non-hydrogen) atoms. The largest absolute Gasteiger partial charge is 0.465 e. The molecule has 0 aliphatic carbocycles. The molecule has 1 fully saturated rings. The predicted molar refractivity (Wildman–Crippen MR) is 71.0 cm³/mol. The van der Waals surface area contributed by atoms with Crippen LogP contribution in [0, 0.1) is 0 Å². The third kappa shape index (κ3) is 4.59. The van der Waals surface area contributed by atoms with Crippen molar-refractivity contribution in [3.05, 3.63) is 29.8 Å². The molecule has 6 nitrogen and oxygen atoms in total. The number of hydrogen-bond donors (Lipinski definition) is 2. The molecule has 1 aliphatic rings. The van der Waals surface area contributed by atoms with E-state index in [0.717, 1.165) is 37.2 Å². The summed E-state index contributed by atoms with van der Waals surface area (Å²) in [7, 11) is 0. The van der Waals surface area contributed by atoms with Crippen molar-refractivity contribution >= 4 is 12.2 Å². The lowest BCUT2D eigenvalue weighted by molar-refractivity contribution is -0.105. The Bertz CT molecular complexity index is 439. The van der Waals surface area contributed by atoms with Crippen LogP contribution in [0.25, 0.3) is 0 Å². The summed E-state index contributed by atoms with van der Waals surface area (Å²) >= 11 is 0. The minimum absolute atomic E-state index is 0.148. The van der Waals surface area contributed by atoms with E-state index in [9.17, 15) is 4.79 Å². The van der Waals surface area contributed by atoms with Crippen molar-refractivity contribution in [2.45, 2.75) is 25.6 Å². The topological polar surface area (TPSA) is 85.9 Å². The molecule has 1 aromatic carbocycles. The average molecular weight is 263 g/mol. The SMILES string of the molecule is NC(=O)NN=Cc1ccc(OC2CCCCO2)cc1. The van der Waals surface area contributed by atoms with Gasteiger partial charge in [0.1, 0.15) is 5.75 Å². The summed E-state index contributed by atoms with van der Waals surface area (Å²) in [5.74, 6) is 0.756. The van der Waals surface area contributed by atoms with Gasteiger partial charge in [0.15, 0.2) is 6.29 Å². The van der Waals surface area contributed by atoms with Crippen molar-refractivity contribution in [2.75, 3.05) is 6.61 Å². The van der Waals surface area contributed by atoms with Crippen LogP contribution in [0.5, 0.6) is 5.75 Å².